The van der Waals surface area contributed by atoms with Crippen LogP contribution in [0.4, 0.5) is 0 Å². The Morgan fingerprint density at radius 1 is 1.83 bits per heavy atom. The first-order chi connectivity index (χ1) is 5.76. The number of nitriles is 1. The zero-order valence-corrected chi connectivity index (χ0v) is 8.45. The topological polar surface area (TPSA) is 41.6 Å². The normalized spacial score (nSPS) is 12.4. The van der Waals surface area contributed by atoms with Crippen molar-refractivity contribution >= 4 is 15.9 Å². The summed E-state index contributed by atoms with van der Waals surface area (Å²) in [6.07, 6.45) is 4.51. The highest BCUT2D eigenvalue weighted by atomic mass is 79.9. The van der Waals surface area contributed by atoms with Crippen molar-refractivity contribution < 1.29 is 0 Å². The molecule has 4 heteroatoms. The molecule has 0 saturated heterocycles. The Kier molecular flexibility index (Phi) is 3.30. The van der Waals surface area contributed by atoms with Crippen molar-refractivity contribution in [3.63, 3.8) is 0 Å². The Balaban J connectivity index is 2.58. The Morgan fingerprint density at radius 2 is 2.58 bits per heavy atom. The molecule has 1 aromatic rings. The zero-order valence-electron chi connectivity index (χ0n) is 6.87. The van der Waals surface area contributed by atoms with Crippen LogP contribution in [0.25, 0.3) is 0 Å². The summed E-state index contributed by atoms with van der Waals surface area (Å²) in [5, 5.41) is 13.4. The highest BCUT2D eigenvalue weighted by molar-refractivity contribution is 9.09. The molecular formula is C8H10BrN3. The van der Waals surface area contributed by atoms with Gasteiger partial charge in [0.15, 0.2) is 0 Å². The predicted molar refractivity (Wildman–Crippen MR) is 49.8 cm³/mol. The third-order valence-corrected chi connectivity index (χ3v) is 2.39. The maximum atomic E-state index is 8.69. The Hall–Kier alpha value is -0.820. The standard InChI is InChI=1S/C8H10BrN3/c1-12-6-8(5-11-12)2-7(3-9)4-10/h5-7H,2-3H2,1H3. The van der Waals surface area contributed by atoms with Crippen molar-refractivity contribution in [2.75, 3.05) is 5.33 Å². The lowest BCUT2D eigenvalue weighted by molar-refractivity contribution is 0.747. The van der Waals surface area contributed by atoms with Crippen molar-refractivity contribution in [1.82, 2.24) is 9.78 Å². The third kappa shape index (κ3) is 2.35. The van der Waals surface area contributed by atoms with E-state index in [1.807, 2.05) is 13.2 Å². The summed E-state index contributed by atoms with van der Waals surface area (Å²) in [6, 6.07) is 2.23. The van der Waals surface area contributed by atoms with Gasteiger partial charge in [-0.25, -0.2) is 0 Å². The highest BCUT2D eigenvalue weighted by Crippen LogP contribution is 2.09. The van der Waals surface area contributed by atoms with Crippen LogP contribution in [0.2, 0.25) is 0 Å². The van der Waals surface area contributed by atoms with E-state index in [4.69, 9.17) is 5.26 Å². The summed E-state index contributed by atoms with van der Waals surface area (Å²) in [6.45, 7) is 0. The van der Waals surface area contributed by atoms with Gasteiger partial charge in [0.1, 0.15) is 0 Å². The molecule has 0 aliphatic heterocycles. The van der Waals surface area contributed by atoms with Crippen LogP contribution in [0.1, 0.15) is 5.56 Å². The summed E-state index contributed by atoms with van der Waals surface area (Å²) >= 11 is 3.29. The van der Waals surface area contributed by atoms with E-state index in [1.165, 1.54) is 0 Å². The van der Waals surface area contributed by atoms with E-state index in [-0.39, 0.29) is 5.92 Å². The fraction of sp³-hybridized carbons (Fsp3) is 0.500. The quantitative estimate of drug-likeness (QED) is 0.735. The minimum atomic E-state index is 0.0502. The molecule has 1 heterocycles. The second-order valence-electron chi connectivity index (χ2n) is 2.71. The lowest BCUT2D eigenvalue weighted by Crippen LogP contribution is -2.01. The molecule has 0 saturated carbocycles. The molecule has 1 atom stereocenters. The minimum Gasteiger partial charge on any atom is -0.276 e. The fourth-order valence-corrected chi connectivity index (χ4v) is 1.37. The van der Waals surface area contributed by atoms with Gasteiger partial charge in [0.25, 0.3) is 0 Å². The predicted octanol–water partition coefficient (Wildman–Crippen LogP) is 1.50. The maximum Gasteiger partial charge on any atom is 0.0668 e. The second kappa shape index (κ2) is 4.27. The maximum absolute atomic E-state index is 8.69. The number of alkyl halides is 1. The van der Waals surface area contributed by atoms with E-state index in [2.05, 4.69) is 27.1 Å². The summed E-state index contributed by atoms with van der Waals surface area (Å²) in [5.74, 6) is 0.0502. The van der Waals surface area contributed by atoms with Crippen molar-refractivity contribution in [2.24, 2.45) is 13.0 Å². The summed E-state index contributed by atoms with van der Waals surface area (Å²) < 4.78 is 1.75. The number of halogens is 1. The van der Waals surface area contributed by atoms with Crippen molar-refractivity contribution in [2.45, 2.75) is 6.42 Å². The first kappa shape index (κ1) is 9.27. The van der Waals surface area contributed by atoms with Gasteiger partial charge in [0.05, 0.1) is 18.2 Å². The van der Waals surface area contributed by atoms with Crippen LogP contribution < -0.4 is 0 Å². The average molecular weight is 228 g/mol. The molecule has 1 unspecified atom stereocenters. The lowest BCUT2D eigenvalue weighted by atomic mass is 10.1. The van der Waals surface area contributed by atoms with E-state index in [0.29, 0.717) is 0 Å². The molecule has 64 valence electrons. The van der Waals surface area contributed by atoms with E-state index >= 15 is 0 Å². The summed E-state index contributed by atoms with van der Waals surface area (Å²) in [7, 11) is 1.87. The Labute approximate surface area is 80.1 Å². The summed E-state index contributed by atoms with van der Waals surface area (Å²) in [4.78, 5) is 0. The van der Waals surface area contributed by atoms with Gasteiger partial charge >= 0.3 is 0 Å². The average Bonchev–Trinajstić information content (AvgIpc) is 2.47. The number of nitrogens with zero attached hydrogens (tertiary/aromatic N) is 3. The molecular weight excluding hydrogens is 218 g/mol. The van der Waals surface area contributed by atoms with Crippen LogP contribution in [0, 0.1) is 17.2 Å². The van der Waals surface area contributed by atoms with Crippen molar-refractivity contribution in [3.8, 4) is 6.07 Å². The van der Waals surface area contributed by atoms with Gasteiger partial charge in [-0.2, -0.15) is 10.4 Å². The molecule has 0 spiro atoms. The molecule has 0 aromatic carbocycles. The summed E-state index contributed by atoms with van der Waals surface area (Å²) in [5.41, 5.74) is 1.11. The van der Waals surface area contributed by atoms with Crippen LogP contribution in [0.3, 0.4) is 0 Å². The van der Waals surface area contributed by atoms with Gasteiger partial charge in [-0.3, -0.25) is 4.68 Å². The van der Waals surface area contributed by atoms with Crippen LogP contribution in [0.15, 0.2) is 12.4 Å². The molecule has 3 nitrogen and oxygen atoms in total. The van der Waals surface area contributed by atoms with Gasteiger partial charge in [-0.05, 0) is 12.0 Å². The highest BCUT2D eigenvalue weighted by Gasteiger charge is 2.07. The van der Waals surface area contributed by atoms with Gasteiger partial charge in [0.2, 0.25) is 0 Å². The first-order valence-corrected chi connectivity index (χ1v) is 4.81. The monoisotopic (exact) mass is 227 g/mol. The lowest BCUT2D eigenvalue weighted by Gasteiger charge is -2.00. The first-order valence-electron chi connectivity index (χ1n) is 3.69. The van der Waals surface area contributed by atoms with Gasteiger partial charge in [-0.1, -0.05) is 15.9 Å². The number of hydrogen-bond donors (Lipinski definition) is 0. The van der Waals surface area contributed by atoms with Crippen LogP contribution in [0.5, 0.6) is 0 Å². The second-order valence-corrected chi connectivity index (χ2v) is 3.35. The van der Waals surface area contributed by atoms with Gasteiger partial charge in [-0.15, -0.1) is 0 Å². The van der Waals surface area contributed by atoms with Crippen LogP contribution >= 0.6 is 15.9 Å². The van der Waals surface area contributed by atoms with E-state index < -0.39 is 0 Å². The number of aryl methyl sites for hydroxylation is 1. The van der Waals surface area contributed by atoms with Gasteiger partial charge < -0.3 is 0 Å². The Morgan fingerprint density at radius 3 is 3.00 bits per heavy atom. The van der Waals surface area contributed by atoms with Crippen molar-refractivity contribution in [3.05, 3.63) is 18.0 Å². The molecule has 0 radical (unpaired) electrons. The number of aromatic nitrogens is 2. The molecule has 12 heavy (non-hydrogen) atoms. The minimum absolute atomic E-state index is 0.0502. The molecule has 0 aliphatic rings. The van der Waals surface area contributed by atoms with E-state index in [1.54, 1.807) is 10.9 Å². The number of rotatable bonds is 3. The third-order valence-electron chi connectivity index (χ3n) is 1.61. The fourth-order valence-electron chi connectivity index (χ4n) is 0.997. The van der Waals surface area contributed by atoms with Gasteiger partial charge in [0, 0.05) is 18.6 Å². The van der Waals surface area contributed by atoms with Crippen LogP contribution in [-0.4, -0.2) is 15.1 Å². The molecule has 1 aromatic heterocycles. The zero-order chi connectivity index (χ0) is 8.97. The Bertz CT molecular complexity index is 287. The molecule has 0 aliphatic carbocycles. The molecule has 0 bridgehead atoms. The molecule has 0 N–H and O–H groups in total. The van der Waals surface area contributed by atoms with Crippen molar-refractivity contribution in [1.29, 1.82) is 5.26 Å². The molecule has 0 fully saturated rings. The number of hydrogen-bond acceptors (Lipinski definition) is 2. The molecule has 0 amide bonds. The van der Waals surface area contributed by atoms with E-state index in [9.17, 15) is 0 Å². The SMILES string of the molecule is Cn1cc(CC(C#N)CBr)cn1. The smallest absolute Gasteiger partial charge is 0.0668 e. The largest absolute Gasteiger partial charge is 0.276 e. The van der Waals surface area contributed by atoms with Crippen LogP contribution in [-0.2, 0) is 13.5 Å². The molecule has 1 rings (SSSR count). The van der Waals surface area contributed by atoms with E-state index in [0.717, 1.165) is 17.3 Å².